The summed E-state index contributed by atoms with van der Waals surface area (Å²) < 4.78 is 0. The molecule has 0 bridgehead atoms. The molecule has 0 aliphatic rings. The third-order valence-electron chi connectivity index (χ3n) is 4.67. The van der Waals surface area contributed by atoms with E-state index in [1.807, 2.05) is 60.7 Å². The molecular weight excluding hydrogens is 392 g/mol. The molecule has 1 amide bonds. The van der Waals surface area contributed by atoms with Crippen LogP contribution in [0.2, 0.25) is 0 Å². The number of aromatic nitrogens is 1. The Bertz CT molecular complexity index is 1130. The number of hydrogen-bond donors (Lipinski definition) is 2. The van der Waals surface area contributed by atoms with Crippen LogP contribution in [-0.4, -0.2) is 17.4 Å². The summed E-state index contributed by atoms with van der Waals surface area (Å²) in [5.74, 6) is 0.197. The molecule has 0 aliphatic heterocycles. The summed E-state index contributed by atoms with van der Waals surface area (Å²) in [7, 11) is 0. The van der Waals surface area contributed by atoms with Gasteiger partial charge in [0.2, 0.25) is 0 Å². The lowest BCUT2D eigenvalue weighted by Crippen LogP contribution is -2.30. The quantitative estimate of drug-likeness (QED) is 0.371. The predicted molar refractivity (Wildman–Crippen MR) is 125 cm³/mol. The summed E-state index contributed by atoms with van der Waals surface area (Å²) in [4.78, 5) is 19.5. The first-order chi connectivity index (χ1) is 14.6. The Labute approximate surface area is 180 Å². The Kier molecular flexibility index (Phi) is 5.95. The summed E-state index contributed by atoms with van der Waals surface area (Å²) >= 11 is 1.47. The molecule has 6 heteroatoms. The average molecular weight is 417 g/mol. The van der Waals surface area contributed by atoms with Gasteiger partial charge < -0.3 is 4.90 Å². The normalized spacial score (nSPS) is 10.9. The van der Waals surface area contributed by atoms with Gasteiger partial charge in [-0.15, -0.1) is 11.3 Å². The van der Waals surface area contributed by atoms with E-state index in [4.69, 9.17) is 0 Å². The molecule has 0 saturated carbocycles. The molecule has 1 heterocycles. The van der Waals surface area contributed by atoms with Crippen molar-refractivity contribution >= 4 is 44.5 Å². The lowest BCUT2D eigenvalue weighted by Gasteiger charge is -2.23. The van der Waals surface area contributed by atoms with Crippen molar-refractivity contribution in [2.75, 3.05) is 16.9 Å². The van der Waals surface area contributed by atoms with E-state index in [2.05, 4.69) is 46.7 Å². The topological polar surface area (TPSA) is 57.3 Å². The number of hydrogen-bond acceptors (Lipinski definition) is 5. The number of rotatable bonds is 7. The highest BCUT2D eigenvalue weighted by Crippen LogP contribution is 2.29. The summed E-state index contributed by atoms with van der Waals surface area (Å²) in [5, 5.41) is 4.77. The zero-order chi connectivity index (χ0) is 20.9. The van der Waals surface area contributed by atoms with Gasteiger partial charge in [-0.25, -0.2) is 4.98 Å². The molecule has 0 saturated heterocycles. The second kappa shape index (κ2) is 8.97. The van der Waals surface area contributed by atoms with E-state index in [1.54, 1.807) is 5.38 Å². The maximum absolute atomic E-state index is 12.7. The highest BCUT2D eigenvalue weighted by atomic mass is 32.1. The third kappa shape index (κ3) is 4.44. The number of amides is 1. The van der Waals surface area contributed by atoms with Gasteiger partial charge in [0, 0.05) is 23.0 Å². The first-order valence-corrected chi connectivity index (χ1v) is 10.8. The van der Waals surface area contributed by atoms with E-state index in [-0.39, 0.29) is 5.91 Å². The summed E-state index contributed by atoms with van der Waals surface area (Å²) in [6.45, 7) is 5.17. The molecular formula is C24H24N4OS. The van der Waals surface area contributed by atoms with Crippen LogP contribution >= 0.6 is 11.3 Å². The van der Waals surface area contributed by atoms with Crippen LogP contribution in [0.5, 0.6) is 0 Å². The Hall–Kier alpha value is -3.38. The minimum absolute atomic E-state index is 0.261. The monoisotopic (exact) mass is 416 g/mol. The van der Waals surface area contributed by atoms with Crippen molar-refractivity contribution in [2.45, 2.75) is 13.8 Å². The molecule has 4 rings (SSSR count). The van der Waals surface area contributed by atoms with Gasteiger partial charge in [0.25, 0.3) is 5.91 Å². The molecule has 30 heavy (non-hydrogen) atoms. The largest absolute Gasteiger partial charge is 0.318 e. The van der Waals surface area contributed by atoms with Crippen molar-refractivity contribution in [3.05, 3.63) is 83.9 Å². The van der Waals surface area contributed by atoms with Crippen molar-refractivity contribution in [1.29, 1.82) is 0 Å². The number of carbonyl (C=O) groups is 1. The van der Waals surface area contributed by atoms with Crippen LogP contribution in [0.3, 0.4) is 0 Å². The Morgan fingerprint density at radius 1 is 1.00 bits per heavy atom. The van der Waals surface area contributed by atoms with E-state index < -0.39 is 0 Å². The second-order valence-corrected chi connectivity index (χ2v) is 8.30. The maximum Gasteiger partial charge on any atom is 0.289 e. The number of nitrogens with zero attached hydrogens (tertiary/aromatic N) is 2. The Morgan fingerprint density at radius 3 is 2.53 bits per heavy atom. The van der Waals surface area contributed by atoms with E-state index in [9.17, 15) is 4.79 Å². The SMILES string of the molecule is CC(C)CN(c1ccccc1)c1nc(C(=O)NNc2cccc3ccccc23)cs1. The van der Waals surface area contributed by atoms with Crippen LogP contribution in [0.4, 0.5) is 16.5 Å². The Balaban J connectivity index is 1.50. The predicted octanol–water partition coefficient (Wildman–Crippen LogP) is 5.85. The molecule has 5 nitrogen and oxygen atoms in total. The van der Waals surface area contributed by atoms with Gasteiger partial charge >= 0.3 is 0 Å². The number of nitrogens with one attached hydrogen (secondary N) is 2. The van der Waals surface area contributed by atoms with Gasteiger partial charge in [-0.2, -0.15) is 0 Å². The summed E-state index contributed by atoms with van der Waals surface area (Å²) in [6, 6.07) is 24.1. The summed E-state index contributed by atoms with van der Waals surface area (Å²) in [5.41, 5.74) is 8.13. The van der Waals surface area contributed by atoms with Gasteiger partial charge in [0.15, 0.2) is 5.13 Å². The van der Waals surface area contributed by atoms with Crippen molar-refractivity contribution in [2.24, 2.45) is 5.92 Å². The van der Waals surface area contributed by atoms with Crippen LogP contribution in [-0.2, 0) is 0 Å². The third-order valence-corrected chi connectivity index (χ3v) is 5.54. The van der Waals surface area contributed by atoms with E-state index in [0.717, 1.165) is 33.8 Å². The molecule has 0 aliphatic carbocycles. The average Bonchev–Trinajstić information content (AvgIpc) is 3.26. The van der Waals surface area contributed by atoms with E-state index in [1.165, 1.54) is 11.3 Å². The minimum atomic E-state index is -0.261. The number of para-hydroxylation sites is 1. The molecule has 0 spiro atoms. The molecule has 2 N–H and O–H groups in total. The molecule has 0 unspecified atom stereocenters. The fourth-order valence-corrected chi connectivity index (χ4v) is 4.12. The van der Waals surface area contributed by atoms with Crippen LogP contribution in [0.15, 0.2) is 78.2 Å². The fourth-order valence-electron chi connectivity index (χ4n) is 3.28. The van der Waals surface area contributed by atoms with Gasteiger partial charge in [-0.3, -0.25) is 15.6 Å². The van der Waals surface area contributed by atoms with Crippen LogP contribution in [0.25, 0.3) is 10.8 Å². The van der Waals surface area contributed by atoms with Crippen LogP contribution < -0.4 is 15.8 Å². The zero-order valence-electron chi connectivity index (χ0n) is 17.0. The van der Waals surface area contributed by atoms with Gasteiger partial charge in [-0.05, 0) is 29.5 Å². The number of carbonyl (C=O) groups excluding carboxylic acids is 1. The maximum atomic E-state index is 12.7. The second-order valence-electron chi connectivity index (χ2n) is 7.46. The number of hydrazine groups is 1. The lowest BCUT2D eigenvalue weighted by molar-refractivity contribution is 0.0958. The van der Waals surface area contributed by atoms with Crippen molar-refractivity contribution in [3.8, 4) is 0 Å². The zero-order valence-corrected chi connectivity index (χ0v) is 17.8. The van der Waals surface area contributed by atoms with Gasteiger partial charge in [0.05, 0.1) is 5.69 Å². The first kappa shape index (κ1) is 19.9. The van der Waals surface area contributed by atoms with Crippen molar-refractivity contribution in [1.82, 2.24) is 10.4 Å². The number of thiazole rings is 1. The lowest BCUT2D eigenvalue weighted by atomic mass is 10.1. The minimum Gasteiger partial charge on any atom is -0.318 e. The number of anilines is 3. The van der Waals surface area contributed by atoms with Crippen molar-refractivity contribution < 1.29 is 4.79 Å². The van der Waals surface area contributed by atoms with Gasteiger partial charge in [0.1, 0.15) is 5.69 Å². The standard InChI is InChI=1S/C24H24N4OS/c1-17(2)15-28(19-11-4-3-5-12-19)24-25-22(16-30-24)23(29)27-26-21-14-8-10-18-9-6-7-13-20(18)21/h3-14,16-17,26H,15H2,1-2H3,(H,27,29). The molecule has 152 valence electrons. The first-order valence-electron chi connectivity index (χ1n) is 9.94. The van der Waals surface area contributed by atoms with E-state index >= 15 is 0 Å². The smallest absolute Gasteiger partial charge is 0.289 e. The van der Waals surface area contributed by atoms with Crippen molar-refractivity contribution in [3.63, 3.8) is 0 Å². The number of fused-ring (bicyclic) bond motifs is 1. The fraction of sp³-hybridized carbons (Fsp3) is 0.167. The highest BCUT2D eigenvalue weighted by molar-refractivity contribution is 7.14. The Morgan fingerprint density at radius 2 is 1.73 bits per heavy atom. The van der Waals surface area contributed by atoms with E-state index in [0.29, 0.717) is 11.6 Å². The summed E-state index contributed by atoms with van der Waals surface area (Å²) in [6.07, 6.45) is 0. The van der Waals surface area contributed by atoms with Crippen LogP contribution in [0.1, 0.15) is 24.3 Å². The molecule has 4 aromatic rings. The number of benzene rings is 3. The molecule has 0 atom stereocenters. The molecule has 0 radical (unpaired) electrons. The molecule has 0 fully saturated rings. The molecule has 1 aromatic heterocycles. The molecule has 3 aromatic carbocycles. The highest BCUT2D eigenvalue weighted by Gasteiger charge is 2.17. The van der Waals surface area contributed by atoms with Gasteiger partial charge in [-0.1, -0.05) is 68.4 Å². The van der Waals surface area contributed by atoms with Crippen LogP contribution in [0, 0.1) is 5.92 Å².